The Hall–Kier alpha value is -3.47. The fourth-order valence-electron chi connectivity index (χ4n) is 2.95. The number of amidine groups is 1. The maximum Gasteiger partial charge on any atom is 0.264 e. The summed E-state index contributed by atoms with van der Waals surface area (Å²) in [7, 11) is 1.58. The molecule has 0 saturated heterocycles. The van der Waals surface area contributed by atoms with Crippen LogP contribution in [0.15, 0.2) is 59.1 Å². The molecule has 1 heterocycles. The largest absolute Gasteiger partial charge is 0.385 e. The molecule has 2 N–H and O–H groups in total. The molecular formula is C22H19ClN4O3. The lowest BCUT2D eigenvalue weighted by Crippen LogP contribution is -2.30. The Morgan fingerprint density at radius 2 is 1.83 bits per heavy atom. The van der Waals surface area contributed by atoms with Crippen LogP contribution in [0.2, 0.25) is 5.02 Å². The molecule has 0 aromatic heterocycles. The molecule has 0 radical (unpaired) electrons. The molecule has 8 heteroatoms. The molecule has 7 nitrogen and oxygen atoms in total. The van der Waals surface area contributed by atoms with E-state index in [4.69, 9.17) is 16.3 Å². The van der Waals surface area contributed by atoms with Gasteiger partial charge in [0.25, 0.3) is 11.8 Å². The number of carbonyl (C=O) groups excluding carboxylic acids is 2. The van der Waals surface area contributed by atoms with Crippen LogP contribution in [0.1, 0.15) is 27.9 Å². The van der Waals surface area contributed by atoms with Crippen LogP contribution in [-0.4, -0.2) is 37.9 Å². The Morgan fingerprint density at radius 3 is 2.53 bits per heavy atom. The van der Waals surface area contributed by atoms with Crippen LogP contribution in [0.5, 0.6) is 0 Å². The summed E-state index contributed by atoms with van der Waals surface area (Å²) in [6.07, 6.45) is 0.620. The standard InChI is InChI=1S/C22H19ClN4O3/c1-30-12-6-11-25-21(28)17(13-24)19-14-7-2-3-8-15(14)20(26-19)27-22(29)16-9-4-5-10-18(16)23/h2-5,7-10H,6,11-12H2,1H3,(H,25,28)(H,26,27,29)/b19-17-. The summed E-state index contributed by atoms with van der Waals surface area (Å²) < 4.78 is 4.95. The van der Waals surface area contributed by atoms with Crippen LogP contribution < -0.4 is 10.6 Å². The minimum absolute atomic E-state index is 0.123. The van der Waals surface area contributed by atoms with Gasteiger partial charge in [-0.25, -0.2) is 4.99 Å². The summed E-state index contributed by atoms with van der Waals surface area (Å²) in [6, 6.07) is 15.7. The molecule has 1 aliphatic rings. The second-order valence-electron chi connectivity index (χ2n) is 6.38. The fourth-order valence-corrected chi connectivity index (χ4v) is 3.17. The van der Waals surface area contributed by atoms with Crippen molar-refractivity contribution in [1.29, 1.82) is 5.26 Å². The molecule has 152 valence electrons. The number of hydrogen-bond donors (Lipinski definition) is 2. The molecule has 2 aromatic rings. The number of nitrogens with zero attached hydrogens (tertiary/aromatic N) is 2. The SMILES string of the molecule is COCCCNC(=O)/C(C#N)=C1\N=C(NC(=O)c2ccccc2Cl)c2ccccc21. The van der Waals surface area contributed by atoms with Crippen LogP contribution >= 0.6 is 11.6 Å². The Kier molecular flexibility index (Phi) is 6.96. The van der Waals surface area contributed by atoms with Gasteiger partial charge < -0.3 is 15.4 Å². The van der Waals surface area contributed by atoms with Crippen LogP contribution in [0.25, 0.3) is 5.70 Å². The lowest BCUT2D eigenvalue weighted by atomic mass is 10.0. The third-order valence-electron chi connectivity index (χ3n) is 4.40. The lowest BCUT2D eigenvalue weighted by molar-refractivity contribution is -0.117. The van der Waals surface area contributed by atoms with Gasteiger partial charge in [0, 0.05) is 31.4 Å². The number of nitriles is 1. The molecule has 0 bridgehead atoms. The van der Waals surface area contributed by atoms with Crippen LogP contribution in [-0.2, 0) is 9.53 Å². The van der Waals surface area contributed by atoms with Crippen LogP contribution in [0, 0.1) is 11.3 Å². The topological polar surface area (TPSA) is 104 Å². The van der Waals surface area contributed by atoms with Gasteiger partial charge in [-0.2, -0.15) is 5.26 Å². The van der Waals surface area contributed by atoms with Crippen molar-refractivity contribution in [3.8, 4) is 6.07 Å². The summed E-state index contributed by atoms with van der Waals surface area (Å²) >= 11 is 6.10. The van der Waals surface area contributed by atoms with Crippen molar-refractivity contribution >= 4 is 34.9 Å². The van der Waals surface area contributed by atoms with Crippen molar-refractivity contribution in [1.82, 2.24) is 10.6 Å². The molecule has 0 spiro atoms. The second kappa shape index (κ2) is 9.83. The molecule has 2 amide bonds. The average molecular weight is 423 g/mol. The Bertz CT molecular complexity index is 1090. The minimum atomic E-state index is -0.527. The van der Waals surface area contributed by atoms with E-state index in [1.165, 1.54) is 0 Å². The van der Waals surface area contributed by atoms with Crippen molar-refractivity contribution in [3.05, 3.63) is 75.8 Å². The van der Waals surface area contributed by atoms with Gasteiger partial charge in [0.2, 0.25) is 0 Å². The third-order valence-corrected chi connectivity index (χ3v) is 4.73. The normalized spacial score (nSPS) is 13.7. The summed E-state index contributed by atoms with van der Waals surface area (Å²) in [5.74, 6) is -0.704. The van der Waals surface area contributed by atoms with E-state index < -0.39 is 11.8 Å². The number of ether oxygens (including phenoxy) is 1. The summed E-state index contributed by atoms with van der Waals surface area (Å²) in [5.41, 5.74) is 1.60. The first-order valence-electron chi connectivity index (χ1n) is 9.22. The monoisotopic (exact) mass is 422 g/mol. The summed E-state index contributed by atoms with van der Waals surface area (Å²) in [4.78, 5) is 29.6. The minimum Gasteiger partial charge on any atom is -0.385 e. The smallest absolute Gasteiger partial charge is 0.264 e. The van der Waals surface area contributed by atoms with Gasteiger partial charge in [0.05, 0.1) is 16.3 Å². The number of benzene rings is 2. The van der Waals surface area contributed by atoms with Crippen molar-refractivity contribution in [2.45, 2.75) is 6.42 Å². The maximum atomic E-state index is 12.7. The molecular weight excluding hydrogens is 404 g/mol. The van der Waals surface area contributed by atoms with Gasteiger partial charge in [-0.15, -0.1) is 0 Å². The van der Waals surface area contributed by atoms with Crippen LogP contribution in [0.3, 0.4) is 0 Å². The van der Waals surface area contributed by atoms with E-state index in [9.17, 15) is 14.9 Å². The van der Waals surface area contributed by atoms with Gasteiger partial charge >= 0.3 is 0 Å². The first-order chi connectivity index (χ1) is 14.6. The van der Waals surface area contributed by atoms with E-state index in [2.05, 4.69) is 15.6 Å². The Labute approximate surface area is 179 Å². The highest BCUT2D eigenvalue weighted by Crippen LogP contribution is 2.30. The molecule has 30 heavy (non-hydrogen) atoms. The van der Waals surface area contributed by atoms with E-state index in [0.717, 1.165) is 0 Å². The van der Waals surface area contributed by atoms with Crippen LogP contribution in [0.4, 0.5) is 0 Å². The van der Waals surface area contributed by atoms with Crippen molar-refractivity contribution < 1.29 is 14.3 Å². The van der Waals surface area contributed by atoms with Gasteiger partial charge in [-0.1, -0.05) is 48.0 Å². The lowest BCUT2D eigenvalue weighted by Gasteiger charge is -2.07. The van der Waals surface area contributed by atoms with Gasteiger partial charge in [-0.3, -0.25) is 9.59 Å². The Balaban J connectivity index is 1.92. The number of halogens is 1. The number of fused-ring (bicyclic) bond motifs is 1. The molecule has 0 aliphatic carbocycles. The van der Waals surface area contributed by atoms with Gasteiger partial charge in [0.15, 0.2) is 0 Å². The molecule has 0 saturated carbocycles. The number of rotatable bonds is 6. The quantitative estimate of drug-likeness (QED) is 0.424. The number of aliphatic imine (C=N–C) groups is 1. The predicted molar refractivity (Wildman–Crippen MR) is 114 cm³/mol. The van der Waals surface area contributed by atoms with Crippen molar-refractivity contribution in [2.24, 2.45) is 4.99 Å². The highest BCUT2D eigenvalue weighted by atomic mass is 35.5. The predicted octanol–water partition coefficient (Wildman–Crippen LogP) is 2.92. The second-order valence-corrected chi connectivity index (χ2v) is 6.78. The zero-order chi connectivity index (χ0) is 21.5. The van der Waals surface area contributed by atoms with E-state index in [0.29, 0.717) is 41.3 Å². The third kappa shape index (κ3) is 4.57. The van der Waals surface area contributed by atoms with Gasteiger partial charge in [-0.05, 0) is 18.6 Å². The van der Waals surface area contributed by atoms with E-state index >= 15 is 0 Å². The number of amides is 2. The highest BCUT2D eigenvalue weighted by Gasteiger charge is 2.27. The number of nitrogens with one attached hydrogen (secondary N) is 2. The first kappa shape index (κ1) is 21.2. The van der Waals surface area contributed by atoms with Crippen molar-refractivity contribution in [2.75, 3.05) is 20.3 Å². The number of methoxy groups -OCH3 is 1. The van der Waals surface area contributed by atoms with Gasteiger partial charge in [0.1, 0.15) is 17.5 Å². The molecule has 0 atom stereocenters. The number of hydrogen-bond acceptors (Lipinski definition) is 5. The molecule has 3 rings (SSSR count). The maximum absolute atomic E-state index is 12.7. The zero-order valence-electron chi connectivity index (χ0n) is 16.2. The van der Waals surface area contributed by atoms with Crippen molar-refractivity contribution in [3.63, 3.8) is 0 Å². The average Bonchev–Trinajstić information content (AvgIpc) is 3.10. The molecule has 2 aromatic carbocycles. The summed E-state index contributed by atoms with van der Waals surface area (Å²) in [6.45, 7) is 0.866. The molecule has 1 aliphatic heterocycles. The molecule has 0 unspecified atom stereocenters. The fraction of sp³-hybridized carbons (Fsp3) is 0.182. The highest BCUT2D eigenvalue weighted by molar-refractivity contribution is 6.34. The Morgan fingerprint density at radius 1 is 1.13 bits per heavy atom. The van der Waals surface area contributed by atoms with E-state index in [1.807, 2.05) is 6.07 Å². The number of carbonyl (C=O) groups is 2. The van der Waals surface area contributed by atoms with E-state index in [-0.39, 0.29) is 17.1 Å². The molecule has 0 fully saturated rings. The first-order valence-corrected chi connectivity index (χ1v) is 9.60. The van der Waals surface area contributed by atoms with E-state index in [1.54, 1.807) is 55.6 Å². The summed E-state index contributed by atoms with van der Waals surface area (Å²) in [5, 5.41) is 15.3. The zero-order valence-corrected chi connectivity index (χ0v) is 17.0.